The summed E-state index contributed by atoms with van der Waals surface area (Å²) in [5.74, 6) is 0.952. The van der Waals surface area contributed by atoms with Crippen LogP contribution >= 0.6 is 0 Å². The molecule has 0 bridgehead atoms. The van der Waals surface area contributed by atoms with Crippen molar-refractivity contribution in [3.63, 3.8) is 0 Å². The molecule has 2 atom stereocenters. The van der Waals surface area contributed by atoms with Crippen molar-refractivity contribution in [3.8, 4) is 0 Å². The SMILES string of the molecule is C/C(=C\c1ccc(CO)o1)CC[C@H]1OB(O)C[C@H]2C1=C(CO)CS2(=O)=O. The maximum atomic E-state index is 12.3. The van der Waals surface area contributed by atoms with Crippen molar-refractivity contribution in [2.75, 3.05) is 12.4 Å². The lowest BCUT2D eigenvalue weighted by molar-refractivity contribution is 0.168. The summed E-state index contributed by atoms with van der Waals surface area (Å²) >= 11 is 0. The van der Waals surface area contributed by atoms with E-state index >= 15 is 0 Å². The van der Waals surface area contributed by atoms with Gasteiger partial charge in [0.05, 0.1) is 23.7 Å². The average Bonchev–Trinajstić information content (AvgIpc) is 3.14. The van der Waals surface area contributed by atoms with E-state index in [9.17, 15) is 18.5 Å². The molecule has 3 rings (SSSR count). The predicted molar refractivity (Wildman–Crippen MR) is 96.9 cm³/mol. The van der Waals surface area contributed by atoms with Gasteiger partial charge in [0, 0.05) is 6.32 Å². The second kappa shape index (κ2) is 7.70. The molecule has 9 heteroatoms. The highest BCUT2D eigenvalue weighted by Gasteiger charge is 2.48. The Kier molecular flexibility index (Phi) is 5.74. The fourth-order valence-electron chi connectivity index (χ4n) is 3.65. The van der Waals surface area contributed by atoms with Crippen LogP contribution < -0.4 is 0 Å². The summed E-state index contributed by atoms with van der Waals surface area (Å²) in [7, 11) is -4.51. The topological polar surface area (TPSA) is 117 Å². The Bertz CT molecular complexity index is 824. The zero-order valence-electron chi connectivity index (χ0n) is 14.6. The maximum absolute atomic E-state index is 12.3. The van der Waals surface area contributed by atoms with Gasteiger partial charge in [0.2, 0.25) is 0 Å². The third-order valence-corrected chi connectivity index (χ3v) is 6.93. The summed E-state index contributed by atoms with van der Waals surface area (Å²) in [4.78, 5) is 0. The Morgan fingerprint density at radius 1 is 1.35 bits per heavy atom. The number of allylic oxidation sites excluding steroid dienone is 1. The first kappa shape index (κ1) is 19.4. The van der Waals surface area contributed by atoms with E-state index in [4.69, 9.17) is 14.2 Å². The zero-order chi connectivity index (χ0) is 18.9. The van der Waals surface area contributed by atoms with Gasteiger partial charge < -0.3 is 24.3 Å². The summed E-state index contributed by atoms with van der Waals surface area (Å²) in [6.45, 7) is 1.45. The second-order valence-corrected chi connectivity index (χ2v) is 9.00. The van der Waals surface area contributed by atoms with Crippen LogP contribution in [0, 0.1) is 0 Å². The van der Waals surface area contributed by atoms with E-state index in [0.717, 1.165) is 5.57 Å². The van der Waals surface area contributed by atoms with Crippen molar-refractivity contribution in [2.24, 2.45) is 0 Å². The van der Waals surface area contributed by atoms with Gasteiger partial charge >= 0.3 is 7.12 Å². The minimum Gasteiger partial charge on any atom is -0.459 e. The third-order valence-electron chi connectivity index (χ3n) is 4.87. The Morgan fingerprint density at radius 3 is 2.77 bits per heavy atom. The first-order valence-corrected chi connectivity index (χ1v) is 10.3. The highest BCUT2D eigenvalue weighted by Crippen LogP contribution is 2.39. The van der Waals surface area contributed by atoms with Crippen LogP contribution in [0.3, 0.4) is 0 Å². The molecule has 7 nitrogen and oxygen atoms in total. The number of aliphatic hydroxyl groups is 2. The van der Waals surface area contributed by atoms with Gasteiger partial charge in [-0.05, 0) is 49.1 Å². The van der Waals surface area contributed by atoms with Gasteiger partial charge in [-0.15, -0.1) is 0 Å². The molecule has 0 unspecified atom stereocenters. The molecule has 0 saturated carbocycles. The van der Waals surface area contributed by atoms with Crippen LogP contribution in [0.4, 0.5) is 0 Å². The third kappa shape index (κ3) is 3.97. The van der Waals surface area contributed by atoms with Gasteiger partial charge in [-0.3, -0.25) is 0 Å². The van der Waals surface area contributed by atoms with E-state index in [1.54, 1.807) is 12.1 Å². The Labute approximate surface area is 153 Å². The molecule has 2 aliphatic rings. The molecular weight excluding hydrogens is 359 g/mol. The zero-order valence-corrected chi connectivity index (χ0v) is 15.4. The minimum atomic E-state index is -3.39. The molecule has 0 aromatic carbocycles. The van der Waals surface area contributed by atoms with E-state index in [1.165, 1.54) is 0 Å². The Morgan fingerprint density at radius 2 is 2.12 bits per heavy atom. The van der Waals surface area contributed by atoms with Gasteiger partial charge in [0.15, 0.2) is 9.84 Å². The van der Waals surface area contributed by atoms with Gasteiger partial charge in [-0.25, -0.2) is 8.42 Å². The molecule has 26 heavy (non-hydrogen) atoms. The normalized spacial score (nSPS) is 25.7. The quantitative estimate of drug-likeness (QED) is 0.495. The molecule has 1 saturated heterocycles. The Hall–Kier alpha value is -1.39. The fourth-order valence-corrected chi connectivity index (χ4v) is 5.76. The summed E-state index contributed by atoms with van der Waals surface area (Å²) < 4.78 is 35.6. The highest BCUT2D eigenvalue weighted by atomic mass is 32.2. The van der Waals surface area contributed by atoms with Crippen molar-refractivity contribution in [1.29, 1.82) is 0 Å². The molecule has 0 aliphatic carbocycles. The number of furan rings is 1. The molecular formula is C17H23BO7S. The standard InChI is InChI=1S/C17H23BO7S/c1-11(6-13-3-4-14(9-20)24-13)2-5-15-17-12(8-19)10-26(22,23)16(17)7-18(21)25-15/h3-4,6,15-16,19-21H,2,5,7-10H2,1H3/b11-6+/t15-,16+/m1/s1. The number of sulfone groups is 1. The summed E-state index contributed by atoms with van der Waals surface area (Å²) in [5, 5.41) is 27.7. The molecule has 3 N–H and O–H groups in total. The summed E-state index contributed by atoms with van der Waals surface area (Å²) in [6.07, 6.45) is 2.45. The number of fused-ring (bicyclic) bond motifs is 1. The van der Waals surface area contributed by atoms with Crippen LogP contribution in [0.25, 0.3) is 6.08 Å². The largest absolute Gasteiger partial charge is 0.459 e. The monoisotopic (exact) mass is 382 g/mol. The van der Waals surface area contributed by atoms with Crippen LogP contribution in [-0.4, -0.2) is 54.5 Å². The smallest absolute Gasteiger partial charge is 0.456 e. The molecule has 0 spiro atoms. The lowest BCUT2D eigenvalue weighted by Gasteiger charge is -2.31. The van der Waals surface area contributed by atoms with E-state index in [1.807, 2.05) is 13.0 Å². The van der Waals surface area contributed by atoms with Gasteiger partial charge in [0.25, 0.3) is 0 Å². The first-order valence-electron chi connectivity index (χ1n) is 8.58. The van der Waals surface area contributed by atoms with Crippen molar-refractivity contribution in [1.82, 2.24) is 0 Å². The molecule has 0 radical (unpaired) electrons. The van der Waals surface area contributed by atoms with Crippen molar-refractivity contribution >= 4 is 23.0 Å². The number of hydrogen-bond acceptors (Lipinski definition) is 7. The van der Waals surface area contributed by atoms with Crippen LogP contribution in [0.2, 0.25) is 6.32 Å². The molecule has 1 fully saturated rings. The lowest BCUT2D eigenvalue weighted by Crippen LogP contribution is -2.42. The summed E-state index contributed by atoms with van der Waals surface area (Å²) in [6, 6.07) is 3.47. The molecule has 1 aromatic heterocycles. The number of aliphatic hydroxyl groups excluding tert-OH is 2. The van der Waals surface area contributed by atoms with Crippen LogP contribution in [0.5, 0.6) is 0 Å². The van der Waals surface area contributed by atoms with Crippen LogP contribution in [0.15, 0.2) is 33.3 Å². The van der Waals surface area contributed by atoms with Crippen LogP contribution in [0.1, 0.15) is 31.3 Å². The average molecular weight is 382 g/mol. The highest BCUT2D eigenvalue weighted by molar-refractivity contribution is 7.92. The molecule has 1 aromatic rings. The molecule has 142 valence electrons. The number of hydrogen-bond donors (Lipinski definition) is 3. The lowest BCUT2D eigenvalue weighted by atomic mass is 9.74. The van der Waals surface area contributed by atoms with Crippen molar-refractivity contribution in [3.05, 3.63) is 40.4 Å². The molecule has 2 aliphatic heterocycles. The maximum Gasteiger partial charge on any atom is 0.456 e. The Balaban J connectivity index is 1.73. The molecule has 0 amide bonds. The fraction of sp³-hybridized carbons (Fsp3) is 0.529. The van der Waals surface area contributed by atoms with E-state index in [2.05, 4.69) is 0 Å². The second-order valence-electron chi connectivity index (χ2n) is 6.82. The van der Waals surface area contributed by atoms with Gasteiger partial charge in [-0.1, -0.05) is 5.57 Å². The van der Waals surface area contributed by atoms with Gasteiger partial charge in [0.1, 0.15) is 18.1 Å². The van der Waals surface area contributed by atoms with Crippen LogP contribution in [-0.2, 0) is 21.1 Å². The van der Waals surface area contributed by atoms with E-state index in [0.29, 0.717) is 35.5 Å². The van der Waals surface area contributed by atoms with Crippen molar-refractivity contribution < 1.29 is 32.7 Å². The minimum absolute atomic E-state index is 0.0167. The summed E-state index contributed by atoms with van der Waals surface area (Å²) in [5.41, 5.74) is 2.11. The molecule has 3 heterocycles. The van der Waals surface area contributed by atoms with E-state index < -0.39 is 28.3 Å². The number of rotatable bonds is 6. The van der Waals surface area contributed by atoms with E-state index in [-0.39, 0.29) is 25.3 Å². The first-order chi connectivity index (χ1) is 12.3. The van der Waals surface area contributed by atoms with Gasteiger partial charge in [-0.2, -0.15) is 0 Å². The van der Waals surface area contributed by atoms with Crippen molar-refractivity contribution in [2.45, 2.75) is 44.0 Å². The predicted octanol–water partition coefficient (Wildman–Crippen LogP) is 0.921.